The summed E-state index contributed by atoms with van der Waals surface area (Å²) >= 11 is 0. The van der Waals surface area contributed by atoms with Crippen molar-refractivity contribution in [3.63, 3.8) is 0 Å². The van der Waals surface area contributed by atoms with Crippen molar-refractivity contribution in [1.82, 2.24) is 10.2 Å². The summed E-state index contributed by atoms with van der Waals surface area (Å²) in [6.45, 7) is 2.75. The molecule has 1 fully saturated rings. The van der Waals surface area contributed by atoms with Gasteiger partial charge < -0.3 is 20.1 Å². The number of nitrogens with one attached hydrogen (secondary N) is 1. The number of hydrogen-bond acceptors (Lipinski definition) is 4. The van der Waals surface area contributed by atoms with Gasteiger partial charge in [0.25, 0.3) is 0 Å². The number of aliphatic hydroxyl groups is 1. The van der Waals surface area contributed by atoms with Gasteiger partial charge in [-0.2, -0.15) is 0 Å². The molecule has 0 aliphatic carbocycles. The molecule has 1 rings (SSSR count). The highest BCUT2D eigenvalue weighted by Gasteiger charge is 2.17. The van der Waals surface area contributed by atoms with Crippen LogP contribution in [0.4, 0.5) is 0 Å². The highest BCUT2D eigenvalue weighted by atomic mass is 16.5. The van der Waals surface area contributed by atoms with Crippen LogP contribution >= 0.6 is 0 Å². The Hall–Kier alpha value is -0.650. The zero-order chi connectivity index (χ0) is 11.1. The fourth-order valence-corrected chi connectivity index (χ4v) is 1.68. The van der Waals surface area contributed by atoms with Crippen LogP contribution in [0.1, 0.15) is 12.8 Å². The second-order valence-electron chi connectivity index (χ2n) is 3.83. The number of amides is 1. The lowest BCUT2D eigenvalue weighted by atomic mass is 10.3. The first-order valence-electron chi connectivity index (χ1n) is 5.39. The van der Waals surface area contributed by atoms with Gasteiger partial charge in [0.05, 0.1) is 19.3 Å². The molecule has 0 saturated carbocycles. The van der Waals surface area contributed by atoms with E-state index in [1.54, 1.807) is 7.11 Å². The van der Waals surface area contributed by atoms with Crippen molar-refractivity contribution in [2.24, 2.45) is 0 Å². The van der Waals surface area contributed by atoms with E-state index in [0.29, 0.717) is 19.7 Å². The Labute approximate surface area is 90.4 Å². The zero-order valence-corrected chi connectivity index (χ0v) is 9.24. The summed E-state index contributed by atoms with van der Waals surface area (Å²) in [5.41, 5.74) is 0. The van der Waals surface area contributed by atoms with Gasteiger partial charge in [-0.25, -0.2) is 0 Å². The molecule has 1 unspecified atom stereocenters. The molecule has 1 aliphatic rings. The molecule has 5 heteroatoms. The van der Waals surface area contributed by atoms with Crippen LogP contribution in [0, 0.1) is 0 Å². The van der Waals surface area contributed by atoms with Gasteiger partial charge in [-0.1, -0.05) is 0 Å². The zero-order valence-electron chi connectivity index (χ0n) is 9.24. The molecule has 0 aromatic rings. The lowest BCUT2D eigenvalue weighted by Crippen LogP contribution is -2.39. The van der Waals surface area contributed by atoms with Crippen molar-refractivity contribution in [3.8, 4) is 0 Å². The van der Waals surface area contributed by atoms with Gasteiger partial charge >= 0.3 is 0 Å². The lowest BCUT2D eigenvalue weighted by Gasteiger charge is -2.16. The summed E-state index contributed by atoms with van der Waals surface area (Å²) in [6.07, 6.45) is 1.68. The maximum atomic E-state index is 11.5. The molecule has 15 heavy (non-hydrogen) atoms. The van der Waals surface area contributed by atoms with Gasteiger partial charge in [0, 0.05) is 26.7 Å². The van der Waals surface area contributed by atoms with Crippen LogP contribution in [0.5, 0.6) is 0 Å². The molecular weight excluding hydrogens is 196 g/mol. The summed E-state index contributed by atoms with van der Waals surface area (Å²) in [5.74, 6) is 0.122. The summed E-state index contributed by atoms with van der Waals surface area (Å²) in [7, 11) is 1.54. The summed E-state index contributed by atoms with van der Waals surface area (Å²) in [4.78, 5) is 13.4. The maximum Gasteiger partial charge on any atom is 0.236 e. The Morgan fingerprint density at radius 1 is 1.53 bits per heavy atom. The van der Waals surface area contributed by atoms with E-state index in [4.69, 9.17) is 4.74 Å². The predicted octanol–water partition coefficient (Wildman–Crippen LogP) is -0.794. The van der Waals surface area contributed by atoms with Crippen molar-refractivity contribution < 1.29 is 14.6 Å². The van der Waals surface area contributed by atoms with Crippen LogP contribution in [0.2, 0.25) is 0 Å². The van der Waals surface area contributed by atoms with E-state index < -0.39 is 6.10 Å². The number of ether oxygens (including phenoxy) is 1. The monoisotopic (exact) mass is 216 g/mol. The molecule has 5 nitrogen and oxygen atoms in total. The van der Waals surface area contributed by atoms with Gasteiger partial charge in [0.1, 0.15) is 0 Å². The molecule has 1 aliphatic heterocycles. The van der Waals surface area contributed by atoms with E-state index in [-0.39, 0.29) is 5.91 Å². The third-order valence-corrected chi connectivity index (χ3v) is 2.47. The molecule has 88 valence electrons. The number of likely N-dealkylation sites (tertiary alicyclic amines) is 1. The quantitative estimate of drug-likeness (QED) is 0.610. The number of rotatable bonds is 6. The minimum Gasteiger partial charge on any atom is -0.389 e. The van der Waals surface area contributed by atoms with Gasteiger partial charge in [-0.15, -0.1) is 0 Å². The molecule has 0 spiro atoms. The van der Waals surface area contributed by atoms with Crippen molar-refractivity contribution in [2.45, 2.75) is 18.9 Å². The fourth-order valence-electron chi connectivity index (χ4n) is 1.68. The highest BCUT2D eigenvalue weighted by molar-refractivity contribution is 5.78. The normalized spacial score (nSPS) is 18.1. The van der Waals surface area contributed by atoms with Crippen LogP contribution in [-0.2, 0) is 9.53 Å². The van der Waals surface area contributed by atoms with Crippen LogP contribution in [0.25, 0.3) is 0 Å². The minimum absolute atomic E-state index is 0.122. The van der Waals surface area contributed by atoms with Crippen molar-refractivity contribution in [1.29, 1.82) is 0 Å². The van der Waals surface area contributed by atoms with E-state index in [0.717, 1.165) is 25.9 Å². The Morgan fingerprint density at radius 3 is 2.80 bits per heavy atom. The third kappa shape index (κ3) is 4.59. The SMILES string of the molecule is COCC(O)CNCC(=O)N1CCCC1. The Morgan fingerprint density at radius 2 is 2.20 bits per heavy atom. The van der Waals surface area contributed by atoms with E-state index in [1.807, 2.05) is 4.90 Å². The topological polar surface area (TPSA) is 61.8 Å². The van der Waals surface area contributed by atoms with Gasteiger partial charge in [0.15, 0.2) is 0 Å². The average Bonchev–Trinajstić information content (AvgIpc) is 2.70. The number of hydrogen-bond donors (Lipinski definition) is 2. The van der Waals surface area contributed by atoms with E-state index in [2.05, 4.69) is 5.32 Å². The predicted molar refractivity (Wildman–Crippen MR) is 56.6 cm³/mol. The lowest BCUT2D eigenvalue weighted by molar-refractivity contribution is -0.129. The van der Waals surface area contributed by atoms with E-state index in [1.165, 1.54) is 0 Å². The number of nitrogens with zero attached hydrogens (tertiary/aromatic N) is 1. The van der Waals surface area contributed by atoms with Crippen LogP contribution in [-0.4, -0.2) is 61.9 Å². The molecule has 1 amide bonds. The second-order valence-corrected chi connectivity index (χ2v) is 3.83. The molecule has 0 aromatic carbocycles. The Bertz CT molecular complexity index is 193. The fraction of sp³-hybridized carbons (Fsp3) is 0.900. The largest absolute Gasteiger partial charge is 0.389 e. The molecule has 1 saturated heterocycles. The van der Waals surface area contributed by atoms with Crippen LogP contribution in [0.15, 0.2) is 0 Å². The third-order valence-electron chi connectivity index (χ3n) is 2.47. The standard InChI is InChI=1S/C10H20N2O3/c1-15-8-9(13)6-11-7-10(14)12-4-2-3-5-12/h9,11,13H,2-8H2,1H3. The minimum atomic E-state index is -0.540. The van der Waals surface area contributed by atoms with Gasteiger partial charge in [0.2, 0.25) is 5.91 Å². The molecule has 0 bridgehead atoms. The Balaban J connectivity index is 2.06. The molecule has 0 aromatic heterocycles. The Kier molecular flexibility index (Phi) is 5.60. The summed E-state index contributed by atoms with van der Waals surface area (Å²) in [5, 5.41) is 12.2. The summed E-state index contributed by atoms with van der Waals surface area (Å²) < 4.78 is 4.78. The van der Waals surface area contributed by atoms with Crippen molar-refractivity contribution in [2.75, 3.05) is 39.9 Å². The smallest absolute Gasteiger partial charge is 0.236 e. The average molecular weight is 216 g/mol. The molecule has 1 atom stereocenters. The number of methoxy groups -OCH3 is 1. The molecule has 1 heterocycles. The van der Waals surface area contributed by atoms with E-state index >= 15 is 0 Å². The molecule has 0 radical (unpaired) electrons. The number of carbonyl (C=O) groups is 1. The first kappa shape index (κ1) is 12.4. The summed E-state index contributed by atoms with van der Waals surface area (Å²) in [6, 6.07) is 0. The molecular formula is C10H20N2O3. The van der Waals surface area contributed by atoms with Gasteiger partial charge in [-0.05, 0) is 12.8 Å². The number of carbonyl (C=O) groups excluding carboxylic acids is 1. The molecule has 2 N–H and O–H groups in total. The van der Waals surface area contributed by atoms with Gasteiger partial charge in [-0.3, -0.25) is 4.79 Å². The van der Waals surface area contributed by atoms with Crippen LogP contribution < -0.4 is 5.32 Å². The van der Waals surface area contributed by atoms with Crippen molar-refractivity contribution >= 4 is 5.91 Å². The number of aliphatic hydroxyl groups excluding tert-OH is 1. The first-order chi connectivity index (χ1) is 7.24. The second kappa shape index (κ2) is 6.76. The highest BCUT2D eigenvalue weighted by Crippen LogP contribution is 2.06. The van der Waals surface area contributed by atoms with Crippen molar-refractivity contribution in [3.05, 3.63) is 0 Å². The van der Waals surface area contributed by atoms with E-state index in [9.17, 15) is 9.90 Å². The maximum absolute atomic E-state index is 11.5. The first-order valence-corrected chi connectivity index (χ1v) is 5.39. The van der Waals surface area contributed by atoms with Crippen LogP contribution in [0.3, 0.4) is 0 Å².